The van der Waals surface area contributed by atoms with E-state index in [4.69, 9.17) is 0 Å². The minimum absolute atomic E-state index is 0.0897. The summed E-state index contributed by atoms with van der Waals surface area (Å²) >= 11 is 0. The second kappa shape index (κ2) is 8.01. The summed E-state index contributed by atoms with van der Waals surface area (Å²) in [6.45, 7) is 1.59. The number of anilines is 2. The van der Waals surface area contributed by atoms with E-state index in [0.717, 1.165) is 38.8 Å². The number of fused-ring (bicyclic) bond motifs is 1. The number of benzene rings is 1. The van der Waals surface area contributed by atoms with Crippen LogP contribution < -0.4 is 15.5 Å². The summed E-state index contributed by atoms with van der Waals surface area (Å²) in [4.78, 5) is 46.1. The fourth-order valence-corrected chi connectivity index (χ4v) is 4.32. The van der Waals surface area contributed by atoms with Crippen LogP contribution in [0.5, 0.6) is 0 Å². The van der Waals surface area contributed by atoms with Crippen LogP contribution >= 0.6 is 0 Å². The smallest absolute Gasteiger partial charge is 0.255 e. The van der Waals surface area contributed by atoms with Crippen molar-refractivity contribution in [3.05, 3.63) is 35.4 Å². The number of nitrogens with zero attached hydrogens (tertiary/aromatic N) is 4. The van der Waals surface area contributed by atoms with Crippen LogP contribution in [-0.2, 0) is 9.59 Å². The molecule has 1 saturated heterocycles. The lowest BCUT2D eigenvalue weighted by Gasteiger charge is -2.24. The van der Waals surface area contributed by atoms with Gasteiger partial charge in [-0.3, -0.25) is 19.7 Å². The number of carbonyl (C=O) groups excluding carboxylic acids is 3. The monoisotopic (exact) mass is 423 g/mol. The maximum Gasteiger partial charge on any atom is 0.255 e. The van der Waals surface area contributed by atoms with E-state index in [9.17, 15) is 14.4 Å². The predicted octanol–water partition coefficient (Wildman–Crippen LogP) is 1.21. The zero-order chi connectivity index (χ0) is 21.4. The van der Waals surface area contributed by atoms with Crippen molar-refractivity contribution in [2.24, 2.45) is 0 Å². The van der Waals surface area contributed by atoms with Crippen molar-refractivity contribution in [2.45, 2.75) is 44.2 Å². The Hall–Kier alpha value is -3.43. The Kier molecular flexibility index (Phi) is 5.05. The number of aromatic nitrogens is 3. The predicted molar refractivity (Wildman–Crippen MR) is 112 cm³/mol. The van der Waals surface area contributed by atoms with Gasteiger partial charge in [-0.25, -0.2) is 5.10 Å². The van der Waals surface area contributed by atoms with E-state index in [1.807, 2.05) is 6.07 Å². The first kappa shape index (κ1) is 19.5. The number of H-pyrrole nitrogens is 1. The van der Waals surface area contributed by atoms with E-state index in [-0.39, 0.29) is 30.3 Å². The Balaban J connectivity index is 1.20. The van der Waals surface area contributed by atoms with Crippen LogP contribution in [0.25, 0.3) is 0 Å². The summed E-state index contributed by atoms with van der Waals surface area (Å²) in [6.07, 6.45) is 5.21. The van der Waals surface area contributed by atoms with Gasteiger partial charge in [-0.15, -0.1) is 5.10 Å². The first-order valence-corrected chi connectivity index (χ1v) is 10.8. The molecule has 1 aromatic carbocycles. The summed E-state index contributed by atoms with van der Waals surface area (Å²) in [5.41, 5.74) is 1.25. The van der Waals surface area contributed by atoms with Crippen LogP contribution in [0.2, 0.25) is 0 Å². The van der Waals surface area contributed by atoms with Crippen molar-refractivity contribution >= 4 is 29.6 Å². The quantitative estimate of drug-likeness (QED) is 0.642. The lowest BCUT2D eigenvalue weighted by molar-refractivity contribution is -0.127. The third kappa shape index (κ3) is 3.85. The van der Waals surface area contributed by atoms with E-state index in [1.165, 1.54) is 6.42 Å². The Morgan fingerprint density at radius 2 is 1.90 bits per heavy atom. The standard InChI is InChI=1S/C21H25N7O3/c29-16(23-20-24-21(26-25-20)27-10-4-1-5-11-27)12-22-18(30)17-14-6-2-3-7-15(14)19(31)28(17)13-8-9-13/h2-3,6-7,13,17H,1,4-5,8-12H2,(H,22,30)(H2,23,24,25,26,29). The van der Waals surface area contributed by atoms with Crippen LogP contribution in [-0.4, -0.2) is 63.5 Å². The molecule has 3 N–H and O–H groups in total. The number of amides is 3. The molecule has 10 heteroatoms. The molecule has 3 amide bonds. The van der Waals surface area contributed by atoms with Crippen molar-refractivity contribution in [1.29, 1.82) is 0 Å². The largest absolute Gasteiger partial charge is 0.345 e. The van der Waals surface area contributed by atoms with Crippen LogP contribution in [0.1, 0.15) is 54.1 Å². The molecule has 5 rings (SSSR count). The molecular formula is C21H25N7O3. The molecule has 3 aliphatic rings. The average Bonchev–Trinajstić information content (AvgIpc) is 3.45. The van der Waals surface area contributed by atoms with Gasteiger partial charge in [0.2, 0.25) is 23.7 Å². The van der Waals surface area contributed by atoms with Gasteiger partial charge < -0.3 is 15.1 Å². The molecular weight excluding hydrogens is 398 g/mol. The van der Waals surface area contributed by atoms with Crippen molar-refractivity contribution < 1.29 is 14.4 Å². The molecule has 1 aromatic heterocycles. The maximum absolute atomic E-state index is 12.9. The molecule has 3 heterocycles. The average molecular weight is 423 g/mol. The lowest BCUT2D eigenvalue weighted by atomic mass is 10.0. The van der Waals surface area contributed by atoms with E-state index in [1.54, 1.807) is 23.1 Å². The lowest BCUT2D eigenvalue weighted by Crippen LogP contribution is -2.42. The fraction of sp³-hybridized carbons (Fsp3) is 0.476. The third-order valence-electron chi connectivity index (χ3n) is 5.98. The van der Waals surface area contributed by atoms with E-state index >= 15 is 0 Å². The Morgan fingerprint density at radius 1 is 1.13 bits per heavy atom. The second-order valence-corrected chi connectivity index (χ2v) is 8.23. The highest BCUT2D eigenvalue weighted by molar-refractivity contribution is 6.05. The number of aromatic amines is 1. The number of rotatable bonds is 6. The van der Waals surface area contributed by atoms with Gasteiger partial charge in [0.15, 0.2) is 0 Å². The van der Waals surface area contributed by atoms with Gasteiger partial charge in [0.25, 0.3) is 5.91 Å². The molecule has 2 fully saturated rings. The van der Waals surface area contributed by atoms with Crippen molar-refractivity contribution in [3.63, 3.8) is 0 Å². The molecule has 1 saturated carbocycles. The topological polar surface area (TPSA) is 123 Å². The van der Waals surface area contributed by atoms with Gasteiger partial charge in [-0.05, 0) is 43.7 Å². The number of carbonyl (C=O) groups is 3. The molecule has 2 aliphatic heterocycles. The number of piperidine rings is 1. The van der Waals surface area contributed by atoms with E-state index in [0.29, 0.717) is 17.1 Å². The molecule has 10 nitrogen and oxygen atoms in total. The van der Waals surface area contributed by atoms with Crippen LogP contribution in [0.4, 0.5) is 11.9 Å². The summed E-state index contributed by atoms with van der Waals surface area (Å²) in [7, 11) is 0. The van der Waals surface area contributed by atoms with Gasteiger partial charge in [-0.1, -0.05) is 18.2 Å². The zero-order valence-electron chi connectivity index (χ0n) is 17.1. The highest BCUT2D eigenvalue weighted by Gasteiger charge is 2.47. The van der Waals surface area contributed by atoms with Gasteiger partial charge in [0.05, 0.1) is 6.54 Å². The summed E-state index contributed by atoms with van der Waals surface area (Å²) in [6, 6.07) is 6.56. The Labute approximate surface area is 179 Å². The van der Waals surface area contributed by atoms with Crippen LogP contribution in [0.15, 0.2) is 24.3 Å². The molecule has 0 spiro atoms. The van der Waals surface area contributed by atoms with E-state index < -0.39 is 11.9 Å². The first-order chi connectivity index (χ1) is 15.1. The summed E-state index contributed by atoms with van der Waals surface area (Å²) in [5, 5.41) is 12.2. The number of hydrogen-bond acceptors (Lipinski definition) is 6. The number of nitrogens with one attached hydrogen (secondary N) is 3. The van der Waals surface area contributed by atoms with Gasteiger partial charge in [0, 0.05) is 24.7 Å². The third-order valence-corrected chi connectivity index (χ3v) is 5.98. The van der Waals surface area contributed by atoms with Crippen LogP contribution in [0.3, 0.4) is 0 Å². The van der Waals surface area contributed by atoms with E-state index in [2.05, 4.69) is 30.7 Å². The second-order valence-electron chi connectivity index (χ2n) is 8.23. The maximum atomic E-state index is 12.9. The van der Waals surface area contributed by atoms with Gasteiger partial charge in [-0.2, -0.15) is 4.98 Å². The minimum Gasteiger partial charge on any atom is -0.345 e. The van der Waals surface area contributed by atoms with Gasteiger partial charge in [0.1, 0.15) is 6.04 Å². The van der Waals surface area contributed by atoms with Crippen molar-refractivity contribution in [3.8, 4) is 0 Å². The SMILES string of the molecule is O=C(CNC(=O)C1c2ccccc2C(=O)N1C1CC1)Nc1nc(N2CCCCC2)n[nH]1. The normalized spacial score (nSPS) is 20.5. The number of hydrogen-bond donors (Lipinski definition) is 3. The summed E-state index contributed by atoms with van der Waals surface area (Å²) in [5.74, 6) is -0.0622. The van der Waals surface area contributed by atoms with Gasteiger partial charge >= 0.3 is 0 Å². The molecule has 162 valence electrons. The van der Waals surface area contributed by atoms with Crippen molar-refractivity contribution in [1.82, 2.24) is 25.4 Å². The van der Waals surface area contributed by atoms with Crippen LogP contribution in [0, 0.1) is 0 Å². The molecule has 1 aliphatic carbocycles. The zero-order valence-corrected chi connectivity index (χ0v) is 17.1. The Morgan fingerprint density at radius 3 is 2.68 bits per heavy atom. The first-order valence-electron chi connectivity index (χ1n) is 10.8. The minimum atomic E-state index is -0.694. The van der Waals surface area contributed by atoms with Crippen molar-refractivity contribution in [2.75, 3.05) is 29.9 Å². The Bertz CT molecular complexity index is 1010. The fourth-order valence-electron chi connectivity index (χ4n) is 4.32. The molecule has 0 radical (unpaired) electrons. The molecule has 1 atom stereocenters. The highest BCUT2D eigenvalue weighted by Crippen LogP contribution is 2.41. The molecule has 2 aromatic rings. The molecule has 0 bridgehead atoms. The summed E-state index contributed by atoms with van der Waals surface area (Å²) < 4.78 is 0. The molecule has 1 unspecified atom stereocenters. The molecule has 31 heavy (non-hydrogen) atoms. The highest BCUT2D eigenvalue weighted by atomic mass is 16.2.